The molecule has 1 fully saturated rings. The first-order chi connectivity index (χ1) is 16.7. The lowest BCUT2D eigenvalue weighted by molar-refractivity contribution is 0.0944. The van der Waals surface area contributed by atoms with E-state index in [4.69, 9.17) is 15.2 Å². The van der Waals surface area contributed by atoms with Crippen LogP contribution in [0, 0.1) is 5.92 Å². The molecule has 0 saturated heterocycles. The molecule has 0 spiro atoms. The van der Waals surface area contributed by atoms with Gasteiger partial charge in [0.25, 0.3) is 5.89 Å². The molecule has 1 saturated carbocycles. The van der Waals surface area contributed by atoms with Crippen LogP contribution in [-0.4, -0.2) is 47.3 Å². The number of hydrogen-bond donors (Lipinski definition) is 3. The van der Waals surface area contributed by atoms with Crippen LogP contribution in [0.5, 0.6) is 0 Å². The number of hydrogen-bond acceptors (Lipinski definition) is 10. The Morgan fingerprint density at radius 2 is 1.69 bits per heavy atom. The first kappa shape index (κ1) is 22.9. The highest BCUT2D eigenvalue weighted by molar-refractivity contribution is 5.63. The zero-order chi connectivity index (χ0) is 24.6. The molecule has 1 atom stereocenters. The first-order valence-corrected chi connectivity index (χ1v) is 11.5. The fourth-order valence-corrected chi connectivity index (χ4v) is 4.08. The lowest BCUT2D eigenvalue weighted by Crippen LogP contribution is -2.29. The zero-order valence-corrected chi connectivity index (χ0v) is 19.9. The minimum absolute atomic E-state index is 0.254. The summed E-state index contributed by atoms with van der Waals surface area (Å²) in [5.41, 5.74) is 7.89. The summed E-state index contributed by atoms with van der Waals surface area (Å²) in [4.78, 5) is 21.6. The molecule has 1 aliphatic carbocycles. The third-order valence-electron chi connectivity index (χ3n) is 6.35. The number of aliphatic hydroxyl groups is 1. The fraction of sp³-hybridized carbons (Fsp3) is 0.360. The Labute approximate surface area is 203 Å². The molecule has 0 aliphatic heterocycles. The number of nitrogens with two attached hydrogens (primary N) is 1. The summed E-state index contributed by atoms with van der Waals surface area (Å²) >= 11 is 0. The van der Waals surface area contributed by atoms with Gasteiger partial charge in [0.15, 0.2) is 5.82 Å². The van der Waals surface area contributed by atoms with E-state index in [2.05, 4.69) is 61.6 Å². The van der Waals surface area contributed by atoms with Crippen molar-refractivity contribution in [2.45, 2.75) is 44.6 Å². The largest absolute Gasteiger partial charge is 0.389 e. The molecule has 0 unspecified atom stereocenters. The maximum atomic E-state index is 9.86. The van der Waals surface area contributed by atoms with Crippen LogP contribution in [0.1, 0.15) is 45.0 Å². The van der Waals surface area contributed by atoms with Crippen LogP contribution in [-0.2, 0) is 5.41 Å². The second kappa shape index (κ2) is 8.70. The maximum Gasteiger partial charge on any atom is 0.278 e. The molecule has 1 aromatic carbocycles. The van der Waals surface area contributed by atoms with E-state index >= 15 is 0 Å². The summed E-state index contributed by atoms with van der Waals surface area (Å²) in [5, 5.41) is 17.3. The summed E-state index contributed by atoms with van der Waals surface area (Å²) in [6.07, 6.45) is 8.82. The summed E-state index contributed by atoms with van der Waals surface area (Å²) < 4.78 is 5.60. The van der Waals surface area contributed by atoms with E-state index in [0.29, 0.717) is 35.7 Å². The van der Waals surface area contributed by atoms with E-state index in [0.717, 1.165) is 29.5 Å². The maximum absolute atomic E-state index is 9.86. The Morgan fingerprint density at radius 1 is 0.971 bits per heavy atom. The van der Waals surface area contributed by atoms with Crippen LogP contribution in [0.3, 0.4) is 0 Å². The smallest absolute Gasteiger partial charge is 0.278 e. The Morgan fingerprint density at radius 3 is 2.29 bits per heavy atom. The summed E-state index contributed by atoms with van der Waals surface area (Å²) in [6, 6.07) is 8.30. The molecule has 10 heteroatoms. The number of benzene rings is 1. The van der Waals surface area contributed by atoms with Gasteiger partial charge in [0.05, 0.1) is 23.4 Å². The number of nitrogen functional groups attached to an aromatic ring is 1. The SMILES string of the molecule is CC(C)(O)CNc1cnc(-c2nc([C@](C)(c3ccc(-c4cnc(N)nc4)cc3)C3CC3)no2)cn1. The molecule has 0 amide bonds. The molecule has 10 nitrogen and oxygen atoms in total. The summed E-state index contributed by atoms with van der Waals surface area (Å²) in [6.45, 7) is 5.96. The van der Waals surface area contributed by atoms with Gasteiger partial charge in [-0.1, -0.05) is 29.4 Å². The van der Waals surface area contributed by atoms with Gasteiger partial charge in [0.1, 0.15) is 11.5 Å². The topological polar surface area (TPSA) is 149 Å². The summed E-state index contributed by atoms with van der Waals surface area (Å²) in [5.74, 6) is 2.20. The Balaban J connectivity index is 1.38. The molecule has 1 aliphatic rings. The average Bonchev–Trinajstić information content (AvgIpc) is 3.60. The molecule has 4 aromatic rings. The van der Waals surface area contributed by atoms with Crippen LogP contribution in [0.15, 0.2) is 53.6 Å². The van der Waals surface area contributed by atoms with E-state index in [1.165, 1.54) is 0 Å². The number of anilines is 2. The highest BCUT2D eigenvalue weighted by atomic mass is 16.5. The number of nitrogens with zero attached hydrogens (tertiary/aromatic N) is 6. The van der Waals surface area contributed by atoms with Crippen molar-refractivity contribution in [3.05, 3.63) is 60.4 Å². The number of rotatable bonds is 8. The molecule has 180 valence electrons. The van der Waals surface area contributed by atoms with Gasteiger partial charge in [-0.15, -0.1) is 0 Å². The van der Waals surface area contributed by atoms with Crippen LogP contribution in [0.25, 0.3) is 22.7 Å². The van der Waals surface area contributed by atoms with Gasteiger partial charge >= 0.3 is 0 Å². The second-order valence-corrected chi connectivity index (χ2v) is 9.76. The summed E-state index contributed by atoms with van der Waals surface area (Å²) in [7, 11) is 0. The van der Waals surface area contributed by atoms with Crippen LogP contribution >= 0.6 is 0 Å². The lowest BCUT2D eigenvalue weighted by Gasteiger charge is -2.27. The molecule has 3 heterocycles. The van der Waals surface area contributed by atoms with Gasteiger partial charge in [0.2, 0.25) is 5.95 Å². The Hall–Kier alpha value is -3.92. The van der Waals surface area contributed by atoms with E-state index in [1.807, 2.05) is 0 Å². The quantitative estimate of drug-likeness (QED) is 0.348. The van der Waals surface area contributed by atoms with Gasteiger partial charge < -0.3 is 20.7 Å². The molecule has 4 N–H and O–H groups in total. The predicted molar refractivity (Wildman–Crippen MR) is 131 cm³/mol. The molecular weight excluding hydrogens is 444 g/mol. The molecule has 3 aromatic heterocycles. The highest BCUT2D eigenvalue weighted by Gasteiger charge is 2.47. The Kier molecular flexibility index (Phi) is 5.68. The Bertz CT molecular complexity index is 1290. The minimum Gasteiger partial charge on any atom is -0.389 e. The van der Waals surface area contributed by atoms with E-state index in [-0.39, 0.29) is 11.4 Å². The highest BCUT2D eigenvalue weighted by Crippen LogP contribution is 2.50. The van der Waals surface area contributed by atoms with E-state index < -0.39 is 5.60 Å². The van der Waals surface area contributed by atoms with Gasteiger partial charge in [-0.25, -0.2) is 19.9 Å². The standard InChI is InChI=1S/C25H28N8O2/c1-24(2,34)14-31-20-13-27-19(12-28-20)21-32-22(33-35-21)25(3,18-8-9-18)17-6-4-15(5-7-17)16-10-29-23(26)30-11-16/h4-7,10-13,18,34H,8-9,14H2,1-3H3,(H,28,31)(H2,26,29,30)/t25-/m1/s1. The number of aromatic nitrogens is 6. The van der Waals surface area contributed by atoms with Crippen molar-refractivity contribution in [1.82, 2.24) is 30.1 Å². The van der Waals surface area contributed by atoms with Crippen molar-refractivity contribution in [2.24, 2.45) is 5.92 Å². The van der Waals surface area contributed by atoms with Gasteiger partial charge in [0, 0.05) is 24.5 Å². The van der Waals surface area contributed by atoms with E-state index in [9.17, 15) is 5.11 Å². The lowest BCUT2D eigenvalue weighted by atomic mass is 9.77. The second-order valence-electron chi connectivity index (χ2n) is 9.76. The van der Waals surface area contributed by atoms with Gasteiger partial charge in [-0.3, -0.25) is 0 Å². The zero-order valence-electron chi connectivity index (χ0n) is 19.9. The van der Waals surface area contributed by atoms with E-state index in [1.54, 1.807) is 38.6 Å². The van der Waals surface area contributed by atoms with Crippen LogP contribution in [0.4, 0.5) is 11.8 Å². The van der Waals surface area contributed by atoms with Crippen molar-refractivity contribution in [1.29, 1.82) is 0 Å². The third-order valence-corrected chi connectivity index (χ3v) is 6.35. The van der Waals surface area contributed by atoms with Crippen molar-refractivity contribution in [3.8, 4) is 22.7 Å². The van der Waals surface area contributed by atoms with Crippen LogP contribution < -0.4 is 11.1 Å². The first-order valence-electron chi connectivity index (χ1n) is 11.5. The van der Waals surface area contributed by atoms with Crippen LogP contribution in [0.2, 0.25) is 0 Å². The average molecular weight is 473 g/mol. The van der Waals surface area contributed by atoms with Crippen molar-refractivity contribution in [3.63, 3.8) is 0 Å². The van der Waals surface area contributed by atoms with Crippen molar-refractivity contribution >= 4 is 11.8 Å². The molecule has 0 radical (unpaired) electrons. The van der Waals surface area contributed by atoms with Crippen molar-refractivity contribution in [2.75, 3.05) is 17.6 Å². The molecule has 5 rings (SSSR count). The van der Waals surface area contributed by atoms with Gasteiger partial charge in [-0.2, -0.15) is 4.98 Å². The normalized spacial score (nSPS) is 15.5. The molecular formula is C25H28N8O2. The third kappa shape index (κ3) is 4.83. The minimum atomic E-state index is -0.851. The monoisotopic (exact) mass is 472 g/mol. The molecule has 35 heavy (non-hydrogen) atoms. The van der Waals surface area contributed by atoms with Gasteiger partial charge in [-0.05, 0) is 50.7 Å². The predicted octanol–water partition coefficient (Wildman–Crippen LogP) is 3.46. The molecule has 0 bridgehead atoms. The number of nitrogens with one attached hydrogen (secondary N) is 1. The fourth-order valence-electron chi connectivity index (χ4n) is 4.08. The van der Waals surface area contributed by atoms with Crippen molar-refractivity contribution < 1.29 is 9.63 Å².